The maximum absolute atomic E-state index is 13.1. The van der Waals surface area contributed by atoms with E-state index in [4.69, 9.17) is 23.7 Å². The first kappa shape index (κ1) is 51.7. The lowest BCUT2D eigenvalue weighted by atomic mass is 9.85. The van der Waals surface area contributed by atoms with Gasteiger partial charge in [-0.25, -0.2) is 0 Å². The van der Waals surface area contributed by atoms with Gasteiger partial charge in [-0.1, -0.05) is 104 Å². The predicted octanol–water partition coefficient (Wildman–Crippen LogP) is 5.03. The summed E-state index contributed by atoms with van der Waals surface area (Å²) in [6.45, 7) is 11.6. The molecule has 0 unspecified atom stereocenters. The summed E-state index contributed by atoms with van der Waals surface area (Å²) in [5.74, 6) is -3.81. The lowest BCUT2D eigenvalue weighted by molar-refractivity contribution is -0.314. The van der Waals surface area contributed by atoms with E-state index < -0.39 is 90.6 Å². The molecule has 1 fully saturated rings. The van der Waals surface area contributed by atoms with Crippen LogP contribution in [0.4, 0.5) is 0 Å². The molecule has 0 aliphatic carbocycles. The number of methoxy groups -OCH3 is 2. The van der Waals surface area contributed by atoms with E-state index in [1.54, 1.807) is 115 Å². The second-order valence-electron chi connectivity index (χ2n) is 14.9. The average molecular weight is 837 g/mol. The van der Waals surface area contributed by atoms with E-state index in [0.29, 0.717) is 11.1 Å². The first-order valence-corrected chi connectivity index (χ1v) is 20.1. The number of cyclic esters (lactones) is 1. The Morgan fingerprint density at radius 2 is 1.55 bits per heavy atom. The van der Waals surface area contributed by atoms with Gasteiger partial charge in [0.1, 0.15) is 24.4 Å². The second-order valence-corrected chi connectivity index (χ2v) is 14.9. The Balaban J connectivity index is 2.11. The zero-order chi connectivity index (χ0) is 44.9. The van der Waals surface area contributed by atoms with E-state index in [1.165, 1.54) is 50.7 Å². The molecular formula is C47H64O13. The summed E-state index contributed by atoms with van der Waals surface area (Å²) >= 11 is 0. The number of carbonyl (C=O) groups is 4. The molecule has 0 spiro atoms. The molecule has 0 radical (unpaired) electrons. The van der Waals surface area contributed by atoms with Gasteiger partial charge in [-0.05, 0) is 58.4 Å². The van der Waals surface area contributed by atoms with E-state index in [0.717, 1.165) is 0 Å². The van der Waals surface area contributed by atoms with Gasteiger partial charge in [-0.15, -0.1) is 0 Å². The molecule has 2 aliphatic heterocycles. The zero-order valence-corrected chi connectivity index (χ0v) is 36.1. The van der Waals surface area contributed by atoms with E-state index in [2.05, 4.69) is 0 Å². The fourth-order valence-electron chi connectivity index (χ4n) is 6.22. The van der Waals surface area contributed by atoms with Crippen molar-refractivity contribution in [2.75, 3.05) is 14.2 Å². The quantitative estimate of drug-likeness (QED) is 0.0635. The number of aliphatic hydroxyl groups is 4. The molecule has 2 aliphatic rings. The fraction of sp³-hybridized carbons (Fsp3) is 0.489. The Bertz CT molecular complexity index is 1740. The highest BCUT2D eigenvalue weighted by Crippen LogP contribution is 2.27. The monoisotopic (exact) mass is 836 g/mol. The highest BCUT2D eigenvalue weighted by molar-refractivity contribution is 6.47. The number of hydrogen-bond donors (Lipinski definition) is 4. The number of ether oxygens (including phenoxy) is 5. The van der Waals surface area contributed by atoms with Gasteiger partial charge in [0.2, 0.25) is 11.6 Å². The summed E-state index contributed by atoms with van der Waals surface area (Å²) in [5, 5.41) is 43.2. The maximum Gasteiger partial charge on any atom is 0.309 e. The minimum Gasteiger partial charge on any atom is -0.461 e. The number of hydrogen-bond acceptors (Lipinski definition) is 13. The lowest BCUT2D eigenvalue weighted by Gasteiger charge is -2.43. The van der Waals surface area contributed by atoms with Gasteiger partial charge in [0, 0.05) is 38.0 Å². The smallest absolute Gasteiger partial charge is 0.309 e. The molecule has 0 amide bonds. The van der Waals surface area contributed by atoms with Gasteiger partial charge in [0.05, 0.1) is 36.9 Å². The standard InChI is InChI=1S/C47H64O13/c1-29-20-19-21-31(3)42(53)38(50)24-17-11-10-12-18-25-40(60-41(52)27-26-30(2)39(51)28-29)33(5)43(54)32(4)36(48)22-15-13-14-16-23-37(49)34(6)58-47-46(57-9)44(55)45(56-8)35(7)59-47/h10-24,26,28,32-35,37,39-40,43-47,49,51,54-55H,25,27H2,1-9H3/b11-10+,14-13+,18-12+,20-19+,22-15+,23-16+,24-17+,29-28-,30-26-,31-21+/t32-,33-,34+,35-,37+,39-,40+,43-,44+,45+,46-,47-/m1/s1. The summed E-state index contributed by atoms with van der Waals surface area (Å²) < 4.78 is 28.2. The predicted molar refractivity (Wildman–Crippen MR) is 228 cm³/mol. The largest absolute Gasteiger partial charge is 0.461 e. The molecule has 2 rings (SSSR count). The number of aliphatic hydroxyl groups excluding tert-OH is 4. The third-order valence-corrected chi connectivity index (χ3v) is 10.2. The molecule has 4 N–H and O–H groups in total. The van der Waals surface area contributed by atoms with Gasteiger partial charge < -0.3 is 44.1 Å². The van der Waals surface area contributed by atoms with Crippen LogP contribution in [0.5, 0.6) is 0 Å². The van der Waals surface area contributed by atoms with Crippen molar-refractivity contribution >= 4 is 23.3 Å². The summed E-state index contributed by atoms with van der Waals surface area (Å²) in [6, 6.07) is 0. The van der Waals surface area contributed by atoms with Crippen molar-refractivity contribution in [2.45, 2.75) is 123 Å². The van der Waals surface area contributed by atoms with Crippen LogP contribution >= 0.6 is 0 Å². The fourth-order valence-corrected chi connectivity index (χ4v) is 6.22. The van der Waals surface area contributed by atoms with Crippen LogP contribution in [0.2, 0.25) is 0 Å². The Labute approximate surface area is 354 Å². The van der Waals surface area contributed by atoms with Gasteiger partial charge in [0.25, 0.3) is 0 Å². The van der Waals surface area contributed by atoms with Crippen molar-refractivity contribution in [3.8, 4) is 0 Å². The third-order valence-electron chi connectivity index (χ3n) is 10.2. The maximum atomic E-state index is 13.1. The van der Waals surface area contributed by atoms with Crippen LogP contribution in [0, 0.1) is 11.8 Å². The number of rotatable bonds is 13. The van der Waals surface area contributed by atoms with Crippen LogP contribution in [0.15, 0.2) is 120 Å². The molecule has 0 bridgehead atoms. The molecule has 0 aromatic heterocycles. The van der Waals surface area contributed by atoms with Gasteiger partial charge in [-0.2, -0.15) is 0 Å². The lowest BCUT2D eigenvalue weighted by Crippen LogP contribution is -2.59. The van der Waals surface area contributed by atoms with Gasteiger partial charge in [0.15, 0.2) is 12.1 Å². The third kappa shape index (κ3) is 16.9. The highest BCUT2D eigenvalue weighted by atomic mass is 16.7. The summed E-state index contributed by atoms with van der Waals surface area (Å²) in [4.78, 5) is 50.9. The molecule has 13 nitrogen and oxygen atoms in total. The molecule has 330 valence electrons. The Morgan fingerprint density at radius 3 is 2.23 bits per heavy atom. The van der Waals surface area contributed by atoms with Crippen molar-refractivity contribution in [1.29, 1.82) is 0 Å². The molecule has 1 saturated heterocycles. The average Bonchev–Trinajstić information content (AvgIpc) is 3.21. The molecule has 60 heavy (non-hydrogen) atoms. The summed E-state index contributed by atoms with van der Waals surface area (Å²) in [5.41, 5.74) is 1.45. The minimum absolute atomic E-state index is 0.139. The van der Waals surface area contributed by atoms with Crippen molar-refractivity contribution in [3.63, 3.8) is 0 Å². The van der Waals surface area contributed by atoms with Crippen molar-refractivity contribution in [2.24, 2.45) is 11.8 Å². The molecule has 0 saturated carbocycles. The Morgan fingerprint density at radius 1 is 0.883 bits per heavy atom. The number of esters is 1. The topological polar surface area (TPSA) is 195 Å². The molecule has 13 heteroatoms. The number of Topliss-reactive ketones (excluding diaryl/α,β-unsaturated/α-hetero) is 1. The van der Waals surface area contributed by atoms with Crippen LogP contribution in [-0.2, 0) is 42.9 Å². The SMILES string of the molecule is CO[C@@H]1[C@H](O)[C@@H](OC)[C@H](O[C@@H](C)[C@@H](O)/C=C/C=C/C=C/C(=O)[C@@H](C)[C@@H](O)[C@H](C)[C@@H]2C/C=C/C=C/C=C/C(=O)C(=O)/C(C)=C/C=C/C(C)=C\[C@@H](O)/C(C)=C\CC(=O)O2)O[C@@H]1C. The molecule has 0 aromatic carbocycles. The summed E-state index contributed by atoms with van der Waals surface area (Å²) in [7, 11) is 2.89. The van der Waals surface area contributed by atoms with E-state index >= 15 is 0 Å². The summed E-state index contributed by atoms with van der Waals surface area (Å²) in [6.07, 6.45) is 17.7. The first-order valence-electron chi connectivity index (χ1n) is 20.1. The van der Waals surface area contributed by atoms with E-state index in [1.807, 2.05) is 0 Å². The zero-order valence-electron chi connectivity index (χ0n) is 36.1. The van der Waals surface area contributed by atoms with Crippen LogP contribution in [0.3, 0.4) is 0 Å². The normalized spacial score (nSPS) is 33.1. The first-order chi connectivity index (χ1) is 28.4. The minimum atomic E-state index is -1.19. The van der Waals surface area contributed by atoms with E-state index in [9.17, 15) is 39.6 Å². The molecular weight excluding hydrogens is 773 g/mol. The van der Waals surface area contributed by atoms with Crippen molar-refractivity contribution in [3.05, 3.63) is 120 Å². The Kier molecular flexibility index (Phi) is 23.0. The van der Waals surface area contributed by atoms with Crippen LogP contribution in [0.1, 0.15) is 61.3 Å². The molecule has 2 heterocycles. The van der Waals surface area contributed by atoms with Crippen LogP contribution < -0.4 is 0 Å². The van der Waals surface area contributed by atoms with Gasteiger partial charge >= 0.3 is 5.97 Å². The number of ketones is 3. The van der Waals surface area contributed by atoms with E-state index in [-0.39, 0.29) is 24.2 Å². The molecule has 0 aromatic rings. The van der Waals surface area contributed by atoms with Crippen LogP contribution in [-0.4, -0.2) is 119 Å². The molecule has 12 atom stereocenters. The number of allylic oxidation sites excluding steroid dienone is 15. The van der Waals surface area contributed by atoms with Gasteiger partial charge in [-0.3, -0.25) is 19.2 Å². The number of carbonyl (C=O) groups excluding carboxylic acids is 4. The Hall–Kier alpha value is -4.44. The second kappa shape index (κ2) is 26.7. The van der Waals surface area contributed by atoms with Crippen LogP contribution in [0.25, 0.3) is 0 Å². The van der Waals surface area contributed by atoms with Crippen molar-refractivity contribution < 1.29 is 63.3 Å². The highest BCUT2D eigenvalue weighted by Gasteiger charge is 2.45. The van der Waals surface area contributed by atoms with Crippen molar-refractivity contribution in [1.82, 2.24) is 0 Å².